The van der Waals surface area contributed by atoms with Crippen LogP contribution in [0.3, 0.4) is 0 Å². The van der Waals surface area contributed by atoms with Crippen molar-refractivity contribution in [3.8, 4) is 0 Å². The Morgan fingerprint density at radius 2 is 1.83 bits per heavy atom. The van der Waals surface area contributed by atoms with Gasteiger partial charge in [0.25, 0.3) is 11.7 Å². The molecular formula is C27H29BrN4O4. The fraction of sp³-hybridized carbons (Fsp3) is 0.370. The number of amides is 1. The molecule has 188 valence electrons. The minimum Gasteiger partial charge on any atom is -0.505 e. The number of rotatable bonds is 6. The molecule has 36 heavy (non-hydrogen) atoms. The molecule has 8 nitrogen and oxygen atoms in total. The largest absolute Gasteiger partial charge is 0.505 e. The quantitative estimate of drug-likeness (QED) is 0.284. The number of fused-ring (bicyclic) bond motifs is 1. The van der Waals surface area contributed by atoms with Crippen molar-refractivity contribution in [2.24, 2.45) is 0 Å². The lowest BCUT2D eigenvalue weighted by Crippen LogP contribution is -2.38. The first-order chi connectivity index (χ1) is 17.4. The molecular weight excluding hydrogens is 524 g/mol. The number of hydrogen-bond acceptors (Lipinski definition) is 6. The van der Waals surface area contributed by atoms with Gasteiger partial charge in [0.2, 0.25) is 0 Å². The van der Waals surface area contributed by atoms with Crippen molar-refractivity contribution in [1.82, 2.24) is 19.2 Å². The van der Waals surface area contributed by atoms with Gasteiger partial charge >= 0.3 is 0 Å². The summed E-state index contributed by atoms with van der Waals surface area (Å²) >= 11 is 3.46. The number of ether oxygens (including phenoxy) is 1. The smallest absolute Gasteiger partial charge is 0.295 e. The van der Waals surface area contributed by atoms with Gasteiger partial charge in [-0.25, -0.2) is 4.98 Å². The van der Waals surface area contributed by atoms with E-state index in [0.717, 1.165) is 35.2 Å². The molecule has 1 amide bonds. The van der Waals surface area contributed by atoms with Crippen molar-refractivity contribution in [2.45, 2.75) is 26.3 Å². The molecule has 0 saturated carbocycles. The van der Waals surface area contributed by atoms with Crippen LogP contribution in [0.15, 0.2) is 52.6 Å². The van der Waals surface area contributed by atoms with Crippen LogP contribution >= 0.6 is 15.9 Å². The highest BCUT2D eigenvalue weighted by molar-refractivity contribution is 9.10. The molecule has 1 N–H and O–H groups in total. The van der Waals surface area contributed by atoms with E-state index in [1.165, 1.54) is 0 Å². The zero-order chi connectivity index (χ0) is 25.4. The second-order valence-corrected chi connectivity index (χ2v) is 10.2. The Balaban J connectivity index is 1.54. The summed E-state index contributed by atoms with van der Waals surface area (Å²) in [5, 5.41) is 11.5. The van der Waals surface area contributed by atoms with E-state index in [-0.39, 0.29) is 11.3 Å². The van der Waals surface area contributed by atoms with Crippen LogP contribution in [0.1, 0.15) is 35.0 Å². The van der Waals surface area contributed by atoms with Crippen LogP contribution in [0.4, 0.5) is 0 Å². The second-order valence-electron chi connectivity index (χ2n) is 9.28. The third-order valence-electron chi connectivity index (χ3n) is 7.01. The summed E-state index contributed by atoms with van der Waals surface area (Å²) in [7, 11) is 0. The Morgan fingerprint density at radius 1 is 1.11 bits per heavy atom. The molecule has 9 heteroatoms. The molecule has 2 saturated heterocycles. The number of carbonyl (C=O) groups is 2. The van der Waals surface area contributed by atoms with Crippen molar-refractivity contribution < 1.29 is 19.4 Å². The van der Waals surface area contributed by atoms with Crippen LogP contribution in [0.25, 0.3) is 11.4 Å². The van der Waals surface area contributed by atoms with Crippen LogP contribution in [-0.4, -0.2) is 75.4 Å². The summed E-state index contributed by atoms with van der Waals surface area (Å²) in [5.41, 5.74) is 3.53. The molecule has 0 spiro atoms. The topological polar surface area (TPSA) is 87.4 Å². The average Bonchev–Trinajstić information content (AvgIpc) is 3.35. The normalized spacial score (nSPS) is 20.5. The number of hydrogen-bond donors (Lipinski definition) is 1. The van der Waals surface area contributed by atoms with E-state index in [1.807, 2.05) is 60.8 Å². The van der Waals surface area contributed by atoms with Gasteiger partial charge in [-0.3, -0.25) is 14.5 Å². The Kier molecular flexibility index (Phi) is 6.96. The Labute approximate surface area is 218 Å². The molecule has 2 aromatic heterocycles. The minimum atomic E-state index is -0.687. The molecule has 5 rings (SSSR count). The number of morpholine rings is 1. The summed E-state index contributed by atoms with van der Waals surface area (Å²) in [4.78, 5) is 35.2. The van der Waals surface area contributed by atoms with Crippen LogP contribution in [0, 0.1) is 13.8 Å². The lowest BCUT2D eigenvalue weighted by atomic mass is 9.96. The average molecular weight is 553 g/mol. The molecule has 0 radical (unpaired) electrons. The molecule has 2 aliphatic rings. The van der Waals surface area contributed by atoms with Gasteiger partial charge < -0.3 is 19.1 Å². The number of Topliss-reactive ketones (excluding diaryl/α,β-unsaturated/α-hetero) is 1. The Morgan fingerprint density at radius 3 is 2.53 bits per heavy atom. The second kappa shape index (κ2) is 10.2. The Bertz CT molecular complexity index is 1340. The number of likely N-dealkylation sites (tertiary alicyclic amines) is 1. The molecule has 2 aliphatic heterocycles. The lowest BCUT2D eigenvalue weighted by Gasteiger charge is -2.29. The zero-order valence-corrected chi connectivity index (χ0v) is 22.0. The van der Waals surface area contributed by atoms with E-state index in [9.17, 15) is 14.7 Å². The maximum atomic E-state index is 13.4. The number of carbonyl (C=O) groups excluding carboxylic acids is 2. The monoisotopic (exact) mass is 552 g/mol. The number of imidazole rings is 1. The fourth-order valence-electron chi connectivity index (χ4n) is 5.07. The summed E-state index contributed by atoms with van der Waals surface area (Å²) < 4.78 is 8.20. The first kappa shape index (κ1) is 24.7. The number of halogens is 1. The number of ketones is 1. The van der Waals surface area contributed by atoms with Gasteiger partial charge in [0.05, 0.1) is 30.5 Å². The summed E-state index contributed by atoms with van der Waals surface area (Å²) in [6.07, 6.45) is 2.59. The molecule has 3 aromatic rings. The van der Waals surface area contributed by atoms with Gasteiger partial charge in [0.15, 0.2) is 5.76 Å². The first-order valence-electron chi connectivity index (χ1n) is 12.2. The Hall–Kier alpha value is -3.01. The highest BCUT2D eigenvalue weighted by Crippen LogP contribution is 2.40. The van der Waals surface area contributed by atoms with Gasteiger partial charge in [-0.05, 0) is 49.6 Å². The standard InChI is InChI=1S/C27H29BrN4O4/c1-17-5-3-11-31-18(2)22(29-26(17)31)24(33)21-23(19-6-8-20(28)9-7-19)32(27(35)25(21)34)12-4-10-30-13-15-36-16-14-30/h3,5-9,11,23,33H,4,10,12-16H2,1-2H3. The molecule has 0 bridgehead atoms. The van der Waals surface area contributed by atoms with E-state index in [2.05, 4.69) is 25.8 Å². The van der Waals surface area contributed by atoms with E-state index in [1.54, 1.807) is 4.90 Å². The van der Waals surface area contributed by atoms with E-state index >= 15 is 0 Å². The number of nitrogens with zero attached hydrogens (tertiary/aromatic N) is 4. The SMILES string of the molecule is Cc1cccn2c(C)c(C(O)=C3C(=O)C(=O)N(CCCN4CCOCC4)C3c3ccc(Br)cc3)nc12. The first-order valence-corrected chi connectivity index (χ1v) is 12.9. The maximum Gasteiger partial charge on any atom is 0.295 e. The number of aliphatic hydroxyl groups excluding tert-OH is 1. The zero-order valence-electron chi connectivity index (χ0n) is 20.4. The van der Waals surface area contributed by atoms with Crippen molar-refractivity contribution >= 4 is 39.0 Å². The molecule has 0 aliphatic carbocycles. The molecule has 1 atom stereocenters. The van der Waals surface area contributed by atoms with Crippen LogP contribution in [0.2, 0.25) is 0 Å². The predicted octanol–water partition coefficient (Wildman–Crippen LogP) is 3.86. The highest BCUT2D eigenvalue weighted by atomic mass is 79.9. The van der Waals surface area contributed by atoms with Crippen molar-refractivity contribution in [3.05, 3.63) is 75.2 Å². The van der Waals surface area contributed by atoms with E-state index < -0.39 is 17.7 Å². The minimum absolute atomic E-state index is 0.0813. The van der Waals surface area contributed by atoms with Gasteiger partial charge in [-0.1, -0.05) is 34.1 Å². The summed E-state index contributed by atoms with van der Waals surface area (Å²) in [6, 6.07) is 10.7. The van der Waals surface area contributed by atoms with Gasteiger partial charge in [-0.2, -0.15) is 0 Å². The predicted molar refractivity (Wildman–Crippen MR) is 140 cm³/mol. The van der Waals surface area contributed by atoms with Gasteiger partial charge in [0, 0.05) is 36.8 Å². The highest BCUT2D eigenvalue weighted by Gasteiger charge is 2.46. The van der Waals surface area contributed by atoms with Crippen molar-refractivity contribution in [2.75, 3.05) is 39.4 Å². The lowest BCUT2D eigenvalue weighted by molar-refractivity contribution is -0.140. The van der Waals surface area contributed by atoms with Crippen molar-refractivity contribution in [1.29, 1.82) is 0 Å². The number of pyridine rings is 1. The number of aliphatic hydroxyl groups is 1. The number of aromatic nitrogens is 2. The third-order valence-corrected chi connectivity index (χ3v) is 7.54. The number of aryl methyl sites for hydroxylation is 2. The summed E-state index contributed by atoms with van der Waals surface area (Å²) in [5.74, 6) is -1.51. The van der Waals surface area contributed by atoms with Crippen molar-refractivity contribution in [3.63, 3.8) is 0 Å². The molecule has 2 fully saturated rings. The molecule has 1 aromatic carbocycles. The van der Waals surface area contributed by atoms with Crippen LogP contribution in [-0.2, 0) is 14.3 Å². The third kappa shape index (κ3) is 4.47. The molecule has 4 heterocycles. The van der Waals surface area contributed by atoms with Crippen LogP contribution in [0.5, 0.6) is 0 Å². The van der Waals surface area contributed by atoms with E-state index in [0.29, 0.717) is 43.2 Å². The number of benzene rings is 1. The van der Waals surface area contributed by atoms with Gasteiger partial charge in [-0.15, -0.1) is 0 Å². The molecule has 1 unspecified atom stereocenters. The van der Waals surface area contributed by atoms with Gasteiger partial charge in [0.1, 0.15) is 11.3 Å². The maximum absolute atomic E-state index is 13.4. The van der Waals surface area contributed by atoms with E-state index in [4.69, 9.17) is 4.74 Å². The van der Waals surface area contributed by atoms with Crippen LogP contribution < -0.4 is 0 Å². The fourth-order valence-corrected chi connectivity index (χ4v) is 5.33. The summed E-state index contributed by atoms with van der Waals surface area (Å²) in [6.45, 7) is 8.15.